The van der Waals surface area contributed by atoms with Crippen LogP contribution in [0.15, 0.2) is 42.9 Å². The smallest absolute Gasteiger partial charge is 0.253 e. The minimum absolute atomic E-state index is 0.102. The second kappa shape index (κ2) is 7.80. The fourth-order valence-electron chi connectivity index (χ4n) is 3.70. The van der Waals surface area contributed by atoms with Crippen LogP contribution in [-0.4, -0.2) is 71.0 Å². The molecule has 1 aromatic heterocycles. The Labute approximate surface area is 153 Å². The van der Waals surface area contributed by atoms with Gasteiger partial charge in [0, 0.05) is 69.0 Å². The third-order valence-electron chi connectivity index (χ3n) is 5.06. The number of hydrogen-bond acceptors (Lipinski definition) is 6. The third-order valence-corrected chi connectivity index (χ3v) is 5.06. The Morgan fingerprint density at radius 1 is 1.19 bits per heavy atom. The van der Waals surface area contributed by atoms with Crippen molar-refractivity contribution in [2.45, 2.75) is 12.5 Å². The van der Waals surface area contributed by atoms with E-state index in [2.05, 4.69) is 25.5 Å². The number of carbonyl (C=O) groups excluding carboxylic acids is 1. The number of nitrogens with zero attached hydrogens (tertiary/aromatic N) is 4. The Bertz CT molecular complexity index is 747. The SMILES string of the molecule is O=C(c1cccc(Nc2cnccn2)c1)N1CCC(N2CCNCC2)C1. The van der Waals surface area contributed by atoms with E-state index in [0.717, 1.165) is 51.4 Å². The van der Waals surface area contributed by atoms with Crippen LogP contribution in [0.1, 0.15) is 16.8 Å². The first kappa shape index (κ1) is 16.9. The number of nitrogens with one attached hydrogen (secondary N) is 2. The number of rotatable bonds is 4. The van der Waals surface area contributed by atoms with Crippen LogP contribution in [0.4, 0.5) is 11.5 Å². The molecule has 0 aliphatic carbocycles. The predicted molar refractivity (Wildman–Crippen MR) is 101 cm³/mol. The molecular formula is C19H24N6O. The van der Waals surface area contributed by atoms with Crippen molar-refractivity contribution in [3.8, 4) is 0 Å². The Kier molecular flexibility index (Phi) is 5.08. The molecule has 1 atom stereocenters. The molecule has 2 fully saturated rings. The number of amides is 1. The molecule has 26 heavy (non-hydrogen) atoms. The second-order valence-corrected chi connectivity index (χ2v) is 6.78. The molecule has 2 saturated heterocycles. The van der Waals surface area contributed by atoms with Crippen LogP contribution in [0.2, 0.25) is 0 Å². The molecule has 1 unspecified atom stereocenters. The van der Waals surface area contributed by atoms with E-state index in [1.165, 1.54) is 0 Å². The number of piperazine rings is 1. The molecule has 7 nitrogen and oxygen atoms in total. The van der Waals surface area contributed by atoms with Gasteiger partial charge in [0.1, 0.15) is 5.82 Å². The van der Waals surface area contributed by atoms with Crippen molar-refractivity contribution in [2.24, 2.45) is 0 Å². The standard InChI is InChI=1S/C19H24N6O/c26-19(25-9-4-17(14-25)24-10-7-20-8-11-24)15-2-1-3-16(12-15)23-18-13-21-5-6-22-18/h1-3,5-6,12-13,17,20H,4,7-11,14H2,(H,22,23). The van der Waals surface area contributed by atoms with E-state index in [-0.39, 0.29) is 5.91 Å². The van der Waals surface area contributed by atoms with Gasteiger partial charge < -0.3 is 15.5 Å². The summed E-state index contributed by atoms with van der Waals surface area (Å²) >= 11 is 0. The Hall–Kier alpha value is -2.51. The van der Waals surface area contributed by atoms with Gasteiger partial charge in [-0.3, -0.25) is 14.7 Å². The quantitative estimate of drug-likeness (QED) is 0.865. The summed E-state index contributed by atoms with van der Waals surface area (Å²) in [6.45, 7) is 5.88. The Balaban J connectivity index is 1.41. The van der Waals surface area contributed by atoms with Gasteiger partial charge in [-0.25, -0.2) is 4.98 Å². The highest BCUT2D eigenvalue weighted by molar-refractivity contribution is 5.95. The van der Waals surface area contributed by atoms with Crippen molar-refractivity contribution in [3.05, 3.63) is 48.4 Å². The first-order valence-corrected chi connectivity index (χ1v) is 9.17. The van der Waals surface area contributed by atoms with Crippen molar-refractivity contribution < 1.29 is 4.79 Å². The molecule has 2 N–H and O–H groups in total. The van der Waals surface area contributed by atoms with Gasteiger partial charge in [-0.2, -0.15) is 0 Å². The highest BCUT2D eigenvalue weighted by Gasteiger charge is 2.31. The van der Waals surface area contributed by atoms with Gasteiger partial charge in [-0.05, 0) is 24.6 Å². The van der Waals surface area contributed by atoms with E-state index in [1.807, 2.05) is 29.2 Å². The predicted octanol–water partition coefficient (Wildman–Crippen LogP) is 1.34. The third kappa shape index (κ3) is 3.84. The molecule has 0 spiro atoms. The average Bonchev–Trinajstić information content (AvgIpc) is 3.19. The van der Waals surface area contributed by atoms with Gasteiger partial charge in [-0.1, -0.05) is 6.07 Å². The van der Waals surface area contributed by atoms with Gasteiger partial charge in [0.2, 0.25) is 0 Å². The van der Waals surface area contributed by atoms with Crippen LogP contribution < -0.4 is 10.6 Å². The first-order valence-electron chi connectivity index (χ1n) is 9.17. The van der Waals surface area contributed by atoms with Crippen LogP contribution in [-0.2, 0) is 0 Å². The van der Waals surface area contributed by atoms with Crippen LogP contribution in [0.25, 0.3) is 0 Å². The normalized spacial score (nSPS) is 20.9. The monoisotopic (exact) mass is 352 g/mol. The molecule has 1 amide bonds. The Morgan fingerprint density at radius 2 is 2.08 bits per heavy atom. The van der Waals surface area contributed by atoms with Crippen LogP contribution in [0.5, 0.6) is 0 Å². The van der Waals surface area contributed by atoms with E-state index in [0.29, 0.717) is 17.4 Å². The maximum Gasteiger partial charge on any atom is 0.253 e. The molecule has 2 aliphatic rings. The number of benzene rings is 1. The lowest BCUT2D eigenvalue weighted by Crippen LogP contribution is -2.49. The van der Waals surface area contributed by atoms with Gasteiger partial charge in [0.15, 0.2) is 0 Å². The van der Waals surface area contributed by atoms with Crippen LogP contribution in [0, 0.1) is 0 Å². The summed E-state index contributed by atoms with van der Waals surface area (Å²) in [7, 11) is 0. The number of carbonyl (C=O) groups is 1. The number of hydrogen-bond donors (Lipinski definition) is 2. The fraction of sp³-hybridized carbons (Fsp3) is 0.421. The lowest BCUT2D eigenvalue weighted by Gasteiger charge is -2.32. The maximum atomic E-state index is 12.9. The topological polar surface area (TPSA) is 73.4 Å². The molecule has 4 rings (SSSR count). The minimum Gasteiger partial charge on any atom is -0.339 e. The zero-order valence-corrected chi connectivity index (χ0v) is 14.8. The van der Waals surface area contributed by atoms with E-state index in [1.54, 1.807) is 18.6 Å². The number of aromatic nitrogens is 2. The van der Waals surface area contributed by atoms with Crippen molar-refractivity contribution in [1.82, 2.24) is 25.1 Å². The van der Waals surface area contributed by atoms with E-state index < -0.39 is 0 Å². The highest BCUT2D eigenvalue weighted by atomic mass is 16.2. The lowest BCUT2D eigenvalue weighted by molar-refractivity contribution is 0.0773. The minimum atomic E-state index is 0.102. The largest absolute Gasteiger partial charge is 0.339 e. The molecule has 0 bridgehead atoms. The summed E-state index contributed by atoms with van der Waals surface area (Å²) < 4.78 is 0. The fourth-order valence-corrected chi connectivity index (χ4v) is 3.70. The molecule has 2 aromatic rings. The molecule has 1 aromatic carbocycles. The van der Waals surface area contributed by atoms with Crippen molar-refractivity contribution >= 4 is 17.4 Å². The van der Waals surface area contributed by atoms with Gasteiger partial charge in [0.05, 0.1) is 6.20 Å². The summed E-state index contributed by atoms with van der Waals surface area (Å²) in [5.41, 5.74) is 1.55. The van der Waals surface area contributed by atoms with E-state index >= 15 is 0 Å². The van der Waals surface area contributed by atoms with Crippen molar-refractivity contribution in [3.63, 3.8) is 0 Å². The summed E-state index contributed by atoms with van der Waals surface area (Å²) in [6.07, 6.45) is 5.99. The summed E-state index contributed by atoms with van der Waals surface area (Å²) in [4.78, 5) is 25.7. The Morgan fingerprint density at radius 3 is 2.88 bits per heavy atom. The molecule has 2 aliphatic heterocycles. The molecule has 0 saturated carbocycles. The molecular weight excluding hydrogens is 328 g/mol. The number of likely N-dealkylation sites (tertiary alicyclic amines) is 1. The average molecular weight is 352 g/mol. The van der Waals surface area contributed by atoms with Crippen molar-refractivity contribution in [2.75, 3.05) is 44.6 Å². The highest BCUT2D eigenvalue weighted by Crippen LogP contribution is 2.21. The van der Waals surface area contributed by atoms with Crippen molar-refractivity contribution in [1.29, 1.82) is 0 Å². The number of anilines is 2. The molecule has 7 heteroatoms. The molecule has 136 valence electrons. The molecule has 0 radical (unpaired) electrons. The van der Waals surface area contributed by atoms with Crippen LogP contribution in [0.3, 0.4) is 0 Å². The van der Waals surface area contributed by atoms with Gasteiger partial charge in [-0.15, -0.1) is 0 Å². The second-order valence-electron chi connectivity index (χ2n) is 6.78. The summed E-state index contributed by atoms with van der Waals surface area (Å²) in [6, 6.07) is 8.08. The van der Waals surface area contributed by atoms with Gasteiger partial charge >= 0.3 is 0 Å². The van der Waals surface area contributed by atoms with Crippen LogP contribution >= 0.6 is 0 Å². The zero-order chi connectivity index (χ0) is 17.8. The van der Waals surface area contributed by atoms with E-state index in [9.17, 15) is 4.79 Å². The first-order chi connectivity index (χ1) is 12.8. The molecule has 3 heterocycles. The lowest BCUT2D eigenvalue weighted by atomic mass is 10.1. The van der Waals surface area contributed by atoms with Gasteiger partial charge in [0.25, 0.3) is 5.91 Å². The van der Waals surface area contributed by atoms with E-state index in [4.69, 9.17) is 0 Å². The summed E-state index contributed by atoms with van der Waals surface area (Å²) in [5.74, 6) is 0.766. The maximum absolute atomic E-state index is 12.9. The zero-order valence-electron chi connectivity index (χ0n) is 14.8. The summed E-state index contributed by atoms with van der Waals surface area (Å²) in [5, 5.41) is 6.58.